The van der Waals surface area contributed by atoms with Gasteiger partial charge in [0.1, 0.15) is 28.9 Å². The van der Waals surface area contributed by atoms with Gasteiger partial charge in [-0.05, 0) is 156 Å². The van der Waals surface area contributed by atoms with E-state index in [0.29, 0.717) is 11.5 Å². The quantitative estimate of drug-likeness (QED) is 0.0256. The van der Waals surface area contributed by atoms with Gasteiger partial charge in [0.05, 0.1) is 22.4 Å². The second-order valence-corrected chi connectivity index (χ2v) is 25.1. The molecule has 2 atom stereocenters. The van der Waals surface area contributed by atoms with Gasteiger partial charge in [-0.1, -0.05) is 89.0 Å². The van der Waals surface area contributed by atoms with Gasteiger partial charge in [-0.2, -0.15) is 0 Å². The van der Waals surface area contributed by atoms with Crippen LogP contribution in [0.5, 0.6) is 0 Å². The Labute approximate surface area is 433 Å². The van der Waals surface area contributed by atoms with Crippen LogP contribution in [0.4, 0.5) is 10.9 Å². The van der Waals surface area contributed by atoms with Crippen molar-refractivity contribution < 1.29 is 14.3 Å². The highest BCUT2D eigenvalue weighted by Gasteiger charge is 2.66. The summed E-state index contributed by atoms with van der Waals surface area (Å²) in [5.41, 5.74) is 23.3. The standard InChI is InChI=1S/C58H85N10O3S/c1-40(69)20-17-15-13-11-9-8-10-12-14-16-18-24-66(6)26-27-71-58-36-55(4)33-56(5,37-58)35-57(34-55,38-58)39-60-42(3)47(31-59)46-22-23-50(61-48(46)32-67(7)70)68-25-19-21-45-41(2)52(64-65-53(45)68)63-54-62-51-44-28-43(29-44)30-49(51)72-54/h22-23,28,30-31,64-65H,8-21,24-27,29,32-39,59H2,1-7H3,(H,62,63)/q+1/b47-31+,60-42?. The second-order valence-electron chi connectivity index (χ2n) is 24.0. The largest absolute Gasteiger partial charge is 0.404 e. The van der Waals surface area contributed by atoms with E-state index in [2.05, 4.69) is 85.0 Å². The molecule has 390 valence electrons. The third kappa shape index (κ3) is 12.0. The minimum atomic E-state index is -0.106. The Morgan fingerprint density at radius 3 is 2.31 bits per heavy atom. The number of carbonyl (C=O) groups is 1. The van der Waals surface area contributed by atoms with E-state index in [1.807, 2.05) is 0 Å². The number of allylic oxidation sites excluding steroid dienone is 3. The summed E-state index contributed by atoms with van der Waals surface area (Å²) in [5.74, 6) is 3.00. The molecule has 8 aliphatic rings. The minimum absolute atomic E-state index is 0.0692. The molecule has 2 unspecified atom stereocenters. The van der Waals surface area contributed by atoms with E-state index in [9.17, 15) is 9.70 Å². The maximum Gasteiger partial charge on any atom is 0.234 e. The summed E-state index contributed by atoms with van der Waals surface area (Å²) < 4.78 is 9.30. The van der Waals surface area contributed by atoms with Gasteiger partial charge in [0.15, 0.2) is 12.2 Å². The summed E-state index contributed by atoms with van der Waals surface area (Å²) in [4.78, 5) is 44.2. The van der Waals surface area contributed by atoms with Crippen molar-refractivity contribution in [1.29, 1.82) is 0 Å². The normalized spacial score (nSPS) is 25.5. The highest BCUT2D eigenvalue weighted by Crippen LogP contribution is 2.71. The first-order valence-corrected chi connectivity index (χ1v) is 28.4. The average molecular weight is 1000 g/mol. The number of nitroso groups, excluding NO2 is 1. The number of Topliss-reactive ketones (excluding diaryl/α,β-unsaturated/α-hetero) is 1. The lowest BCUT2D eigenvalue weighted by Crippen LogP contribution is -2.64. The summed E-state index contributed by atoms with van der Waals surface area (Å²) >= 11 is 1.69. The van der Waals surface area contributed by atoms with Crippen LogP contribution in [-0.4, -0.2) is 83.6 Å². The Balaban J connectivity index is 0.803. The molecule has 1 aromatic carbocycles. The van der Waals surface area contributed by atoms with Crippen LogP contribution in [0.1, 0.15) is 185 Å². The molecule has 3 aromatic rings. The third-order valence-corrected chi connectivity index (χ3v) is 17.9. The van der Waals surface area contributed by atoms with Crippen LogP contribution in [0.2, 0.25) is 0 Å². The third-order valence-electron chi connectivity index (χ3n) is 17.0. The van der Waals surface area contributed by atoms with Gasteiger partial charge in [0.2, 0.25) is 6.54 Å². The van der Waals surface area contributed by atoms with Crippen molar-refractivity contribution in [2.45, 2.75) is 182 Å². The molecule has 0 spiro atoms. The fourth-order valence-corrected chi connectivity index (χ4v) is 15.7. The predicted octanol–water partition coefficient (Wildman–Crippen LogP) is 11.9. The molecule has 4 saturated carbocycles. The highest BCUT2D eigenvalue weighted by molar-refractivity contribution is 7.22. The number of nitrogens with two attached hydrogens (primary N) is 1. The minimum Gasteiger partial charge on any atom is -0.404 e. The molecule has 0 radical (unpaired) electrons. The van der Waals surface area contributed by atoms with Crippen molar-refractivity contribution in [3.8, 4) is 0 Å². The van der Waals surface area contributed by atoms with Crippen LogP contribution >= 0.6 is 11.3 Å². The number of ketones is 1. The SMILES string of the molecule is CC(=O)CCCCCCCCCCCCCN(C)CCOC12CC3(C)CC(C)(CC(CN=C(C)/C(=C\N)c4ccc(N5CCCC6=C5NNC(Nc5nc7c8cc(cc7s5)C8)=C6C)nc4C[N+](C)=O)(C3)C1)C2. The smallest absolute Gasteiger partial charge is 0.234 e. The number of thiazole rings is 1. The van der Waals surface area contributed by atoms with E-state index in [1.54, 1.807) is 31.5 Å². The van der Waals surface area contributed by atoms with Crippen LogP contribution in [0.15, 0.2) is 58.2 Å². The molecule has 4 fully saturated rings. The molecular formula is C58H85N10O3S+. The monoisotopic (exact) mass is 1000 g/mol. The Bertz CT molecular complexity index is 2610. The molecular weight excluding hydrogens is 917 g/mol. The number of aromatic nitrogens is 2. The zero-order valence-corrected chi connectivity index (χ0v) is 45.7. The van der Waals surface area contributed by atoms with Gasteiger partial charge >= 0.3 is 0 Å². The molecule has 0 amide bonds. The number of rotatable bonds is 27. The zero-order chi connectivity index (χ0) is 50.7. The molecule has 13 nitrogen and oxygen atoms in total. The van der Waals surface area contributed by atoms with E-state index < -0.39 is 0 Å². The van der Waals surface area contributed by atoms with Crippen molar-refractivity contribution in [3.05, 3.63) is 80.5 Å². The number of likely N-dealkylation sites (N-methyl/N-ethyl adjacent to an activating group) is 1. The summed E-state index contributed by atoms with van der Waals surface area (Å²) in [6, 6.07) is 8.63. The molecule has 6 bridgehead atoms. The van der Waals surface area contributed by atoms with Crippen LogP contribution in [0.25, 0.3) is 15.8 Å². The molecule has 14 heteroatoms. The number of ether oxygens (including phenoxy) is 1. The number of benzene rings is 1. The number of pyridine rings is 1. The summed E-state index contributed by atoms with van der Waals surface area (Å²) in [6.07, 6.45) is 26.4. The van der Waals surface area contributed by atoms with Crippen molar-refractivity contribution in [3.63, 3.8) is 0 Å². The van der Waals surface area contributed by atoms with Gasteiger partial charge in [-0.15, -0.1) is 0 Å². The number of carbonyl (C=O) groups excluding carboxylic acids is 1. The molecule has 2 aromatic heterocycles. The lowest BCUT2D eigenvalue weighted by Gasteiger charge is -2.69. The maximum absolute atomic E-state index is 12.8. The molecule has 5 N–H and O–H groups in total. The lowest BCUT2D eigenvalue weighted by molar-refractivity contribution is -0.535. The summed E-state index contributed by atoms with van der Waals surface area (Å²) in [5, 5.41) is 4.45. The van der Waals surface area contributed by atoms with E-state index >= 15 is 0 Å². The van der Waals surface area contributed by atoms with Crippen molar-refractivity contribution >= 4 is 49.6 Å². The van der Waals surface area contributed by atoms with E-state index in [4.69, 9.17) is 25.4 Å². The van der Waals surface area contributed by atoms with Crippen molar-refractivity contribution in [2.24, 2.45) is 27.0 Å². The number of aliphatic imine (C=N–C) groups is 1. The molecule has 4 heterocycles. The molecule has 11 rings (SSSR count). The summed E-state index contributed by atoms with van der Waals surface area (Å²) in [7, 11) is 3.82. The van der Waals surface area contributed by atoms with Gasteiger partial charge in [0.25, 0.3) is 0 Å². The number of anilines is 2. The van der Waals surface area contributed by atoms with Crippen LogP contribution < -0.4 is 26.8 Å². The maximum atomic E-state index is 12.8. The number of nitrogens with zero attached hydrogens (tertiary/aromatic N) is 6. The first-order chi connectivity index (χ1) is 34.6. The topological polar surface area (TPSA) is 153 Å². The Morgan fingerprint density at radius 1 is 0.944 bits per heavy atom. The number of unbranched alkanes of at least 4 members (excludes halogenated alkanes) is 10. The lowest BCUT2D eigenvalue weighted by atomic mass is 9.39. The molecule has 72 heavy (non-hydrogen) atoms. The predicted molar refractivity (Wildman–Crippen MR) is 295 cm³/mol. The molecule has 2 aliphatic heterocycles. The van der Waals surface area contributed by atoms with E-state index in [0.717, 1.165) is 139 Å². The average Bonchev–Trinajstić information content (AvgIpc) is 3.73. The highest BCUT2D eigenvalue weighted by atomic mass is 32.1. The van der Waals surface area contributed by atoms with Gasteiger partial charge in [-0.25, -0.2) is 9.97 Å². The van der Waals surface area contributed by atoms with Crippen molar-refractivity contribution in [2.75, 3.05) is 57.1 Å². The molecule has 0 saturated heterocycles. The second kappa shape index (κ2) is 22.0. The number of nitrogens with one attached hydrogen (secondary N) is 3. The Hall–Kier alpha value is -4.66. The summed E-state index contributed by atoms with van der Waals surface area (Å²) in [6.45, 7) is 15.5. The fourth-order valence-electron chi connectivity index (χ4n) is 14.7. The van der Waals surface area contributed by atoms with Crippen LogP contribution in [0, 0.1) is 21.2 Å². The van der Waals surface area contributed by atoms with E-state index in [1.165, 1.54) is 105 Å². The Kier molecular flexibility index (Phi) is 16.0. The van der Waals surface area contributed by atoms with E-state index in [-0.39, 0.29) is 28.4 Å². The van der Waals surface area contributed by atoms with Gasteiger partial charge in [-0.3, -0.25) is 15.8 Å². The number of hydrazine groups is 1. The van der Waals surface area contributed by atoms with Crippen LogP contribution in [0.3, 0.4) is 0 Å². The van der Waals surface area contributed by atoms with Gasteiger partial charge in [0, 0.05) is 64.3 Å². The van der Waals surface area contributed by atoms with Gasteiger partial charge < -0.3 is 30.4 Å². The number of hydrogen-bond donors (Lipinski definition) is 4. The zero-order valence-electron chi connectivity index (χ0n) is 44.9. The first-order valence-electron chi connectivity index (χ1n) is 27.6. The van der Waals surface area contributed by atoms with Crippen molar-refractivity contribution in [1.82, 2.24) is 25.7 Å². The van der Waals surface area contributed by atoms with Crippen LogP contribution in [-0.2, 0) is 22.5 Å². The molecule has 6 aliphatic carbocycles. The number of hydrogen-bond acceptors (Lipinski definition) is 13. The fraction of sp³-hybridized carbons (Fsp3) is 0.655. The first kappa shape index (κ1) is 52.2. The Morgan fingerprint density at radius 2 is 1.64 bits per heavy atom.